The lowest BCUT2D eigenvalue weighted by Gasteiger charge is -2.19. The number of methoxy groups -OCH3 is 1. The first-order valence-corrected chi connectivity index (χ1v) is 6.40. The monoisotopic (exact) mass is 247 g/mol. The number of hydrogen-bond acceptors (Lipinski definition) is 3. The highest BCUT2D eigenvalue weighted by Crippen LogP contribution is 2.26. The van der Waals surface area contributed by atoms with E-state index in [1.54, 1.807) is 7.11 Å². The van der Waals surface area contributed by atoms with Gasteiger partial charge in [-0.25, -0.2) is 4.98 Å². The van der Waals surface area contributed by atoms with Crippen LogP contribution in [-0.4, -0.2) is 23.3 Å². The number of rotatable bonds is 5. The number of nitrogen functional groups attached to an aromatic ring is 1. The molecule has 2 rings (SSSR count). The van der Waals surface area contributed by atoms with E-state index in [9.17, 15) is 0 Å². The number of nitrogens with zero attached hydrogens (tertiary/aromatic N) is 2. The summed E-state index contributed by atoms with van der Waals surface area (Å²) in [6.45, 7) is 4.92. The van der Waals surface area contributed by atoms with Gasteiger partial charge in [-0.05, 0) is 31.0 Å². The summed E-state index contributed by atoms with van der Waals surface area (Å²) in [5.41, 5.74) is 9.33. The van der Waals surface area contributed by atoms with Crippen LogP contribution in [0.4, 0.5) is 5.95 Å². The van der Waals surface area contributed by atoms with E-state index >= 15 is 0 Å². The third-order valence-corrected chi connectivity index (χ3v) is 3.22. The van der Waals surface area contributed by atoms with Crippen molar-refractivity contribution in [1.82, 2.24) is 9.55 Å². The molecule has 1 aromatic heterocycles. The van der Waals surface area contributed by atoms with E-state index < -0.39 is 0 Å². The number of nitrogens with two attached hydrogens (primary N) is 1. The predicted octanol–water partition coefficient (Wildman–Crippen LogP) is 2.91. The zero-order valence-corrected chi connectivity index (χ0v) is 11.3. The van der Waals surface area contributed by atoms with Crippen LogP contribution in [0.25, 0.3) is 11.0 Å². The maximum atomic E-state index is 6.06. The molecule has 0 saturated heterocycles. The first-order valence-electron chi connectivity index (χ1n) is 6.40. The molecule has 1 aromatic carbocycles. The van der Waals surface area contributed by atoms with Crippen molar-refractivity contribution in [3.05, 3.63) is 23.8 Å². The van der Waals surface area contributed by atoms with Crippen molar-refractivity contribution in [1.29, 1.82) is 0 Å². The van der Waals surface area contributed by atoms with Crippen LogP contribution in [0.3, 0.4) is 0 Å². The van der Waals surface area contributed by atoms with Gasteiger partial charge >= 0.3 is 0 Å². The Labute approximate surface area is 108 Å². The van der Waals surface area contributed by atoms with Gasteiger partial charge in [-0.3, -0.25) is 0 Å². The molecule has 0 saturated carbocycles. The summed E-state index contributed by atoms with van der Waals surface area (Å²) in [5, 5.41) is 0. The van der Waals surface area contributed by atoms with E-state index in [2.05, 4.69) is 35.5 Å². The fraction of sp³-hybridized carbons (Fsp3) is 0.500. The van der Waals surface area contributed by atoms with Crippen LogP contribution in [0.5, 0.6) is 0 Å². The molecule has 0 amide bonds. The molecule has 18 heavy (non-hydrogen) atoms. The number of benzene rings is 1. The molecule has 1 atom stereocenters. The Morgan fingerprint density at radius 3 is 2.89 bits per heavy atom. The van der Waals surface area contributed by atoms with E-state index in [0.717, 1.165) is 23.9 Å². The molecule has 98 valence electrons. The number of hydrogen-bond donors (Lipinski definition) is 1. The predicted molar refractivity (Wildman–Crippen MR) is 74.7 cm³/mol. The molecule has 0 spiro atoms. The van der Waals surface area contributed by atoms with E-state index in [1.165, 1.54) is 5.56 Å². The van der Waals surface area contributed by atoms with Crippen LogP contribution in [0, 0.1) is 6.92 Å². The number of imidazole rings is 1. The molecular weight excluding hydrogens is 226 g/mol. The second-order valence-electron chi connectivity index (χ2n) is 4.73. The Kier molecular flexibility index (Phi) is 3.87. The molecule has 1 heterocycles. The van der Waals surface area contributed by atoms with Gasteiger partial charge in [-0.15, -0.1) is 0 Å². The van der Waals surface area contributed by atoms with Crippen molar-refractivity contribution < 1.29 is 4.74 Å². The fourth-order valence-electron chi connectivity index (χ4n) is 2.42. The minimum absolute atomic E-state index is 0.256. The summed E-state index contributed by atoms with van der Waals surface area (Å²) < 4.78 is 7.42. The normalized spacial score (nSPS) is 13.1. The standard InChI is InChI=1S/C14H21N3O/c1-4-5-11(9-18-3)17-13-8-10(2)6-7-12(13)16-14(17)15/h6-8,11H,4-5,9H2,1-3H3,(H2,15,16). The Bertz CT molecular complexity index is 527. The Morgan fingerprint density at radius 2 is 2.22 bits per heavy atom. The Balaban J connectivity index is 2.52. The van der Waals surface area contributed by atoms with Crippen molar-refractivity contribution >= 4 is 17.0 Å². The van der Waals surface area contributed by atoms with Crippen LogP contribution < -0.4 is 5.73 Å². The van der Waals surface area contributed by atoms with E-state index in [1.807, 2.05) is 6.07 Å². The molecule has 0 fully saturated rings. The smallest absolute Gasteiger partial charge is 0.201 e. The quantitative estimate of drug-likeness (QED) is 0.883. The maximum absolute atomic E-state index is 6.06. The molecule has 4 heteroatoms. The minimum Gasteiger partial charge on any atom is -0.383 e. The highest BCUT2D eigenvalue weighted by molar-refractivity contribution is 5.79. The molecular formula is C14H21N3O. The van der Waals surface area contributed by atoms with Gasteiger partial charge in [0.25, 0.3) is 0 Å². The van der Waals surface area contributed by atoms with Crippen LogP contribution in [-0.2, 0) is 4.74 Å². The number of anilines is 1. The average Bonchev–Trinajstić information content (AvgIpc) is 2.64. The van der Waals surface area contributed by atoms with Crippen LogP contribution in [0.1, 0.15) is 31.4 Å². The summed E-state index contributed by atoms with van der Waals surface area (Å²) in [5.74, 6) is 0.575. The second-order valence-corrected chi connectivity index (χ2v) is 4.73. The molecule has 2 N–H and O–H groups in total. The summed E-state index contributed by atoms with van der Waals surface area (Å²) in [6.07, 6.45) is 2.14. The zero-order chi connectivity index (χ0) is 13.1. The van der Waals surface area contributed by atoms with Gasteiger partial charge in [0.15, 0.2) is 0 Å². The van der Waals surface area contributed by atoms with E-state index in [4.69, 9.17) is 10.5 Å². The third kappa shape index (κ3) is 2.34. The number of fused-ring (bicyclic) bond motifs is 1. The fourth-order valence-corrected chi connectivity index (χ4v) is 2.42. The van der Waals surface area contributed by atoms with Crippen molar-refractivity contribution in [2.24, 2.45) is 0 Å². The molecule has 1 unspecified atom stereocenters. The van der Waals surface area contributed by atoms with Crippen molar-refractivity contribution in [3.8, 4) is 0 Å². The van der Waals surface area contributed by atoms with Gasteiger partial charge in [-0.2, -0.15) is 0 Å². The second kappa shape index (κ2) is 5.40. The summed E-state index contributed by atoms with van der Waals surface area (Å²) in [4.78, 5) is 4.42. The first-order chi connectivity index (χ1) is 8.67. The minimum atomic E-state index is 0.256. The van der Waals surface area contributed by atoms with Crippen molar-refractivity contribution in [3.63, 3.8) is 0 Å². The Morgan fingerprint density at radius 1 is 1.44 bits per heavy atom. The lowest BCUT2D eigenvalue weighted by molar-refractivity contribution is 0.153. The zero-order valence-electron chi connectivity index (χ0n) is 11.3. The van der Waals surface area contributed by atoms with Crippen LogP contribution >= 0.6 is 0 Å². The van der Waals surface area contributed by atoms with Crippen molar-refractivity contribution in [2.75, 3.05) is 19.5 Å². The van der Waals surface area contributed by atoms with Gasteiger partial charge in [0.05, 0.1) is 23.7 Å². The van der Waals surface area contributed by atoms with Crippen LogP contribution in [0.2, 0.25) is 0 Å². The molecule has 4 nitrogen and oxygen atoms in total. The van der Waals surface area contributed by atoms with Gasteiger partial charge in [0, 0.05) is 7.11 Å². The van der Waals surface area contributed by atoms with Crippen LogP contribution in [0.15, 0.2) is 18.2 Å². The molecule has 2 aromatic rings. The summed E-state index contributed by atoms with van der Waals surface area (Å²) in [6, 6.07) is 6.47. The molecule has 0 aliphatic rings. The maximum Gasteiger partial charge on any atom is 0.201 e. The van der Waals surface area contributed by atoms with Gasteiger partial charge < -0.3 is 15.0 Å². The lowest BCUT2D eigenvalue weighted by atomic mass is 10.1. The lowest BCUT2D eigenvalue weighted by Crippen LogP contribution is -2.16. The third-order valence-electron chi connectivity index (χ3n) is 3.22. The van der Waals surface area contributed by atoms with Gasteiger partial charge in [0.2, 0.25) is 5.95 Å². The molecule has 0 aliphatic carbocycles. The number of aryl methyl sites for hydroxylation is 1. The topological polar surface area (TPSA) is 53.1 Å². The highest BCUT2D eigenvalue weighted by atomic mass is 16.5. The highest BCUT2D eigenvalue weighted by Gasteiger charge is 2.17. The number of aromatic nitrogens is 2. The number of ether oxygens (including phenoxy) is 1. The van der Waals surface area contributed by atoms with Gasteiger partial charge in [0.1, 0.15) is 0 Å². The molecule has 0 radical (unpaired) electrons. The summed E-state index contributed by atoms with van der Waals surface area (Å²) >= 11 is 0. The average molecular weight is 247 g/mol. The SMILES string of the molecule is CCCC(COC)n1c(N)nc2ccc(C)cc21. The van der Waals surface area contributed by atoms with E-state index in [0.29, 0.717) is 12.6 Å². The van der Waals surface area contributed by atoms with E-state index in [-0.39, 0.29) is 6.04 Å². The Hall–Kier alpha value is -1.55. The van der Waals surface area contributed by atoms with Gasteiger partial charge in [-0.1, -0.05) is 19.4 Å². The molecule has 0 bridgehead atoms. The summed E-state index contributed by atoms with van der Waals surface area (Å²) in [7, 11) is 1.73. The first kappa shape index (κ1) is 12.9. The largest absolute Gasteiger partial charge is 0.383 e. The molecule has 0 aliphatic heterocycles. The van der Waals surface area contributed by atoms with Crippen molar-refractivity contribution in [2.45, 2.75) is 32.7 Å².